The predicted molar refractivity (Wildman–Crippen MR) is 71.9 cm³/mol. The minimum absolute atomic E-state index is 0.340. The van der Waals surface area contributed by atoms with Gasteiger partial charge in [0.25, 0.3) is 0 Å². The molecule has 0 saturated carbocycles. The molecule has 0 amide bonds. The molecular formula is C14H9NO2S. The van der Waals surface area contributed by atoms with E-state index in [1.165, 1.54) is 0 Å². The highest BCUT2D eigenvalue weighted by molar-refractivity contribution is 7.08. The van der Waals surface area contributed by atoms with Crippen molar-refractivity contribution in [1.29, 1.82) is 0 Å². The van der Waals surface area contributed by atoms with Crippen molar-refractivity contribution in [1.82, 2.24) is 0 Å². The molecule has 0 saturated heterocycles. The van der Waals surface area contributed by atoms with Gasteiger partial charge in [-0.05, 0) is 11.4 Å². The second-order valence-electron chi connectivity index (χ2n) is 3.74. The van der Waals surface area contributed by atoms with Gasteiger partial charge >= 0.3 is 5.97 Å². The lowest BCUT2D eigenvalue weighted by molar-refractivity contribution is -0.128. The van der Waals surface area contributed by atoms with Gasteiger partial charge < -0.3 is 4.74 Å². The number of carbonyl (C=O) groups excluding carboxylic acids is 1. The number of hydrogen-bond donors (Lipinski definition) is 0. The summed E-state index contributed by atoms with van der Waals surface area (Å²) in [7, 11) is 0. The second-order valence-corrected chi connectivity index (χ2v) is 4.52. The van der Waals surface area contributed by atoms with Crippen LogP contribution in [0.3, 0.4) is 0 Å². The maximum Gasteiger partial charge on any atom is 0.362 e. The van der Waals surface area contributed by atoms with Crippen molar-refractivity contribution in [3.8, 4) is 0 Å². The molecule has 0 unspecified atom stereocenters. The smallest absolute Gasteiger partial charge is 0.362 e. The molecule has 2 aromatic rings. The van der Waals surface area contributed by atoms with Gasteiger partial charge in [0.1, 0.15) is 5.76 Å². The predicted octanol–water partition coefficient (Wildman–Crippen LogP) is 3.42. The van der Waals surface area contributed by atoms with E-state index in [1.807, 2.05) is 47.2 Å². The molecule has 0 spiro atoms. The Balaban J connectivity index is 1.95. The van der Waals surface area contributed by atoms with Gasteiger partial charge in [-0.15, -0.1) is 0 Å². The number of esters is 1. The van der Waals surface area contributed by atoms with E-state index in [2.05, 4.69) is 4.99 Å². The molecule has 1 aliphatic rings. The number of nitrogens with zero attached hydrogens (tertiary/aromatic N) is 1. The first-order valence-corrected chi connectivity index (χ1v) is 6.37. The van der Waals surface area contributed by atoms with Gasteiger partial charge in [0.2, 0.25) is 0 Å². The molecule has 0 aliphatic carbocycles. The first-order chi connectivity index (χ1) is 8.83. The topological polar surface area (TPSA) is 38.7 Å². The number of aliphatic imine (C=N–C) groups is 1. The fourth-order valence-corrected chi connectivity index (χ4v) is 2.21. The van der Waals surface area contributed by atoms with Gasteiger partial charge in [-0.1, -0.05) is 30.3 Å². The summed E-state index contributed by atoms with van der Waals surface area (Å²) in [6, 6.07) is 11.4. The van der Waals surface area contributed by atoms with Crippen molar-refractivity contribution in [2.45, 2.75) is 0 Å². The van der Waals surface area contributed by atoms with Gasteiger partial charge in [0.15, 0.2) is 5.71 Å². The highest BCUT2D eigenvalue weighted by Gasteiger charge is 2.23. The SMILES string of the molecule is O=C1OC(c2ccccc2)=CC1=Nc1ccsc1. The van der Waals surface area contributed by atoms with E-state index in [0.29, 0.717) is 11.5 Å². The summed E-state index contributed by atoms with van der Waals surface area (Å²) in [6.45, 7) is 0. The number of rotatable bonds is 2. The Morgan fingerprint density at radius 3 is 2.67 bits per heavy atom. The van der Waals surface area contributed by atoms with Crippen LogP contribution in [-0.2, 0) is 9.53 Å². The van der Waals surface area contributed by atoms with Crippen LogP contribution in [0.15, 0.2) is 58.2 Å². The standard InChI is InChI=1S/C14H9NO2S/c16-14-12(15-11-6-7-18-9-11)8-13(17-14)10-4-2-1-3-5-10/h1-9H. The molecule has 1 aromatic carbocycles. The molecule has 1 aliphatic heterocycles. The maximum absolute atomic E-state index is 11.7. The van der Waals surface area contributed by atoms with Crippen molar-refractivity contribution in [2.75, 3.05) is 0 Å². The third kappa shape index (κ3) is 2.10. The van der Waals surface area contributed by atoms with Crippen LogP contribution in [0, 0.1) is 0 Å². The number of ether oxygens (including phenoxy) is 1. The molecule has 0 N–H and O–H groups in total. The number of hydrogen-bond acceptors (Lipinski definition) is 4. The van der Waals surface area contributed by atoms with Crippen molar-refractivity contribution in [3.05, 3.63) is 58.8 Å². The highest BCUT2D eigenvalue weighted by atomic mass is 32.1. The van der Waals surface area contributed by atoms with E-state index < -0.39 is 5.97 Å². The van der Waals surface area contributed by atoms with Gasteiger partial charge in [-0.2, -0.15) is 11.3 Å². The summed E-state index contributed by atoms with van der Waals surface area (Å²) < 4.78 is 5.20. The van der Waals surface area contributed by atoms with Crippen molar-refractivity contribution < 1.29 is 9.53 Å². The van der Waals surface area contributed by atoms with Gasteiger partial charge in [-0.3, -0.25) is 0 Å². The zero-order valence-electron chi connectivity index (χ0n) is 9.37. The van der Waals surface area contributed by atoms with Gasteiger partial charge in [-0.25, -0.2) is 9.79 Å². The Morgan fingerprint density at radius 1 is 1.11 bits per heavy atom. The van der Waals surface area contributed by atoms with Gasteiger partial charge in [0, 0.05) is 17.0 Å². The fraction of sp³-hybridized carbons (Fsp3) is 0. The summed E-state index contributed by atoms with van der Waals surface area (Å²) in [4.78, 5) is 15.9. The average molecular weight is 255 g/mol. The number of cyclic esters (lactones) is 1. The van der Waals surface area contributed by atoms with Crippen LogP contribution in [0.5, 0.6) is 0 Å². The molecule has 3 rings (SSSR count). The first kappa shape index (κ1) is 10.9. The average Bonchev–Trinajstić information content (AvgIpc) is 3.02. The fourth-order valence-electron chi connectivity index (χ4n) is 1.65. The molecule has 4 heteroatoms. The van der Waals surface area contributed by atoms with Crippen molar-refractivity contribution >= 4 is 34.5 Å². The summed E-state index contributed by atoms with van der Waals surface area (Å²) in [6.07, 6.45) is 1.68. The Kier molecular flexibility index (Phi) is 2.78. The summed E-state index contributed by atoms with van der Waals surface area (Å²) in [5.74, 6) is 0.148. The molecule has 1 aromatic heterocycles. The van der Waals surface area contributed by atoms with E-state index >= 15 is 0 Å². The molecule has 88 valence electrons. The van der Waals surface area contributed by atoms with Crippen LogP contribution in [0.2, 0.25) is 0 Å². The minimum Gasteiger partial charge on any atom is -0.421 e. The highest BCUT2D eigenvalue weighted by Crippen LogP contribution is 2.24. The number of benzene rings is 1. The molecular weight excluding hydrogens is 246 g/mol. The molecule has 0 atom stereocenters. The van der Waals surface area contributed by atoms with E-state index in [1.54, 1.807) is 17.4 Å². The second kappa shape index (κ2) is 4.58. The zero-order valence-corrected chi connectivity index (χ0v) is 10.2. The van der Waals surface area contributed by atoms with Crippen LogP contribution in [0.25, 0.3) is 5.76 Å². The summed E-state index contributed by atoms with van der Waals surface area (Å²) in [5, 5.41) is 3.80. The molecule has 0 radical (unpaired) electrons. The van der Waals surface area contributed by atoms with Crippen LogP contribution in [0.4, 0.5) is 5.69 Å². The molecule has 0 fully saturated rings. The zero-order chi connectivity index (χ0) is 12.4. The van der Waals surface area contributed by atoms with Gasteiger partial charge in [0.05, 0.1) is 5.69 Å². The lowest BCUT2D eigenvalue weighted by atomic mass is 10.2. The Hall–Kier alpha value is -2.20. The largest absolute Gasteiger partial charge is 0.421 e. The normalized spacial score (nSPS) is 16.8. The Morgan fingerprint density at radius 2 is 1.94 bits per heavy atom. The van der Waals surface area contributed by atoms with E-state index in [0.717, 1.165) is 11.3 Å². The van der Waals surface area contributed by atoms with E-state index in [9.17, 15) is 4.79 Å². The quantitative estimate of drug-likeness (QED) is 0.771. The first-order valence-electron chi connectivity index (χ1n) is 5.43. The van der Waals surface area contributed by atoms with Crippen LogP contribution in [0.1, 0.15) is 5.56 Å². The van der Waals surface area contributed by atoms with Crippen LogP contribution >= 0.6 is 11.3 Å². The lowest BCUT2D eigenvalue weighted by Crippen LogP contribution is -2.06. The minimum atomic E-state index is -0.403. The third-order valence-electron chi connectivity index (χ3n) is 2.49. The Labute approximate surface area is 108 Å². The summed E-state index contributed by atoms with van der Waals surface area (Å²) >= 11 is 1.54. The molecule has 2 heterocycles. The number of thiophene rings is 1. The van der Waals surface area contributed by atoms with E-state index in [4.69, 9.17) is 4.74 Å². The van der Waals surface area contributed by atoms with Crippen LogP contribution in [-0.4, -0.2) is 11.7 Å². The van der Waals surface area contributed by atoms with Crippen LogP contribution < -0.4 is 0 Å². The lowest BCUT2D eigenvalue weighted by Gasteiger charge is -1.99. The summed E-state index contributed by atoms with van der Waals surface area (Å²) in [5.41, 5.74) is 1.99. The Bertz CT molecular complexity index is 627. The van der Waals surface area contributed by atoms with Crippen molar-refractivity contribution in [3.63, 3.8) is 0 Å². The van der Waals surface area contributed by atoms with Crippen molar-refractivity contribution in [2.24, 2.45) is 4.99 Å². The maximum atomic E-state index is 11.7. The monoisotopic (exact) mass is 255 g/mol. The third-order valence-corrected chi connectivity index (χ3v) is 3.16. The number of carbonyl (C=O) groups is 1. The van der Waals surface area contributed by atoms with E-state index in [-0.39, 0.29) is 0 Å². The molecule has 3 nitrogen and oxygen atoms in total. The molecule has 0 bridgehead atoms. The molecule has 18 heavy (non-hydrogen) atoms.